The van der Waals surface area contributed by atoms with Crippen molar-refractivity contribution in [3.63, 3.8) is 0 Å². The number of hydrogen-bond acceptors (Lipinski definition) is 4. The van der Waals surface area contributed by atoms with Crippen LogP contribution in [0.15, 0.2) is 91.0 Å². The third kappa shape index (κ3) is 3.58. The number of aromatic nitrogens is 2. The molecule has 0 radical (unpaired) electrons. The van der Waals surface area contributed by atoms with E-state index in [1.54, 1.807) is 0 Å². The van der Waals surface area contributed by atoms with Crippen LogP contribution in [0.2, 0.25) is 0 Å². The zero-order valence-electron chi connectivity index (χ0n) is 16.7. The van der Waals surface area contributed by atoms with E-state index in [0.717, 1.165) is 52.4 Å². The van der Waals surface area contributed by atoms with Crippen molar-refractivity contribution in [2.75, 3.05) is 31.2 Å². The molecule has 1 aromatic heterocycles. The van der Waals surface area contributed by atoms with Crippen LogP contribution in [0.1, 0.15) is 0 Å². The predicted octanol–water partition coefficient (Wildman–Crippen LogP) is 5.31. The molecular weight excluding hydrogens is 370 g/mol. The number of rotatable bonds is 4. The smallest absolute Gasteiger partial charge is 0.159 e. The van der Waals surface area contributed by atoms with Gasteiger partial charge in [0.15, 0.2) is 5.82 Å². The van der Waals surface area contributed by atoms with Crippen LogP contribution in [0, 0.1) is 0 Å². The van der Waals surface area contributed by atoms with Gasteiger partial charge >= 0.3 is 0 Å². The molecule has 4 heteroatoms. The van der Waals surface area contributed by atoms with Crippen molar-refractivity contribution in [1.82, 2.24) is 10.2 Å². The third-order valence-corrected chi connectivity index (χ3v) is 5.44. The first-order valence-corrected chi connectivity index (χ1v) is 10.3. The lowest BCUT2D eigenvalue weighted by atomic mass is 9.91. The largest absolute Gasteiger partial charge is 0.378 e. The predicted molar refractivity (Wildman–Crippen MR) is 121 cm³/mol. The Morgan fingerprint density at radius 3 is 1.63 bits per heavy atom. The van der Waals surface area contributed by atoms with E-state index in [1.807, 2.05) is 30.3 Å². The van der Waals surface area contributed by atoms with Crippen molar-refractivity contribution in [1.29, 1.82) is 0 Å². The molecule has 30 heavy (non-hydrogen) atoms. The SMILES string of the molecule is c1ccc(-c2nnc(N3CCOCC3)c(-c3ccccc3)c2-c2ccccc2)cc1. The highest BCUT2D eigenvalue weighted by atomic mass is 16.5. The quantitative estimate of drug-likeness (QED) is 0.471. The highest BCUT2D eigenvalue weighted by Crippen LogP contribution is 2.43. The van der Waals surface area contributed by atoms with Crippen LogP contribution >= 0.6 is 0 Å². The second kappa shape index (κ2) is 8.47. The maximum atomic E-state index is 5.58. The summed E-state index contributed by atoms with van der Waals surface area (Å²) in [5.41, 5.74) is 6.49. The van der Waals surface area contributed by atoms with Crippen molar-refractivity contribution in [2.45, 2.75) is 0 Å². The van der Waals surface area contributed by atoms with Crippen LogP contribution in [0.5, 0.6) is 0 Å². The van der Waals surface area contributed by atoms with Gasteiger partial charge in [-0.05, 0) is 11.1 Å². The zero-order chi connectivity index (χ0) is 20.2. The Morgan fingerprint density at radius 2 is 1.07 bits per heavy atom. The molecule has 1 saturated heterocycles. The minimum atomic E-state index is 0.705. The Balaban J connectivity index is 1.83. The van der Waals surface area contributed by atoms with E-state index in [0.29, 0.717) is 13.2 Å². The van der Waals surface area contributed by atoms with Crippen LogP contribution in [-0.2, 0) is 4.74 Å². The van der Waals surface area contributed by atoms with Gasteiger partial charge in [0.2, 0.25) is 0 Å². The number of nitrogens with zero attached hydrogens (tertiary/aromatic N) is 3. The van der Waals surface area contributed by atoms with Crippen LogP contribution in [-0.4, -0.2) is 36.5 Å². The van der Waals surface area contributed by atoms with Gasteiger partial charge in [0.1, 0.15) is 5.69 Å². The van der Waals surface area contributed by atoms with Gasteiger partial charge in [-0.25, -0.2) is 0 Å². The molecular formula is C26H23N3O. The van der Waals surface area contributed by atoms with E-state index in [4.69, 9.17) is 14.9 Å². The number of benzene rings is 3. The maximum absolute atomic E-state index is 5.58. The second-order valence-corrected chi connectivity index (χ2v) is 7.32. The Hall–Kier alpha value is -3.50. The number of ether oxygens (including phenoxy) is 1. The fraction of sp³-hybridized carbons (Fsp3) is 0.154. The van der Waals surface area contributed by atoms with E-state index in [9.17, 15) is 0 Å². The molecule has 0 aliphatic carbocycles. The van der Waals surface area contributed by atoms with E-state index in [-0.39, 0.29) is 0 Å². The summed E-state index contributed by atoms with van der Waals surface area (Å²) in [5, 5.41) is 9.52. The van der Waals surface area contributed by atoms with Gasteiger partial charge in [0.05, 0.1) is 13.2 Å². The standard InChI is InChI=1S/C26H23N3O/c1-4-10-20(11-5-1)23-24(21-12-6-2-7-13-21)26(29-16-18-30-19-17-29)28-27-25(23)22-14-8-3-9-15-22/h1-15H,16-19H2. The van der Waals surface area contributed by atoms with Crippen molar-refractivity contribution in [3.8, 4) is 33.5 Å². The normalized spacial score (nSPS) is 13.9. The second-order valence-electron chi connectivity index (χ2n) is 7.32. The summed E-state index contributed by atoms with van der Waals surface area (Å²) < 4.78 is 5.58. The minimum absolute atomic E-state index is 0.705. The Labute approximate surface area is 176 Å². The first-order chi connectivity index (χ1) is 14.9. The minimum Gasteiger partial charge on any atom is -0.378 e. The number of anilines is 1. The molecule has 0 N–H and O–H groups in total. The molecule has 0 atom stereocenters. The average Bonchev–Trinajstić information content (AvgIpc) is 2.85. The molecule has 1 aliphatic heterocycles. The van der Waals surface area contributed by atoms with Gasteiger partial charge < -0.3 is 9.64 Å². The molecule has 0 amide bonds. The number of hydrogen-bond donors (Lipinski definition) is 0. The molecule has 0 unspecified atom stereocenters. The molecule has 4 aromatic rings. The average molecular weight is 393 g/mol. The first-order valence-electron chi connectivity index (χ1n) is 10.3. The summed E-state index contributed by atoms with van der Waals surface area (Å²) in [7, 11) is 0. The Bertz CT molecular complexity index is 1110. The molecule has 0 bridgehead atoms. The molecule has 3 aromatic carbocycles. The Kier molecular flexibility index (Phi) is 5.23. The van der Waals surface area contributed by atoms with Gasteiger partial charge in [0.25, 0.3) is 0 Å². The fourth-order valence-corrected chi connectivity index (χ4v) is 3.99. The summed E-state index contributed by atoms with van der Waals surface area (Å²) >= 11 is 0. The van der Waals surface area contributed by atoms with Crippen molar-refractivity contribution in [3.05, 3.63) is 91.0 Å². The molecule has 148 valence electrons. The van der Waals surface area contributed by atoms with Gasteiger partial charge in [-0.2, -0.15) is 0 Å². The van der Waals surface area contributed by atoms with Gasteiger partial charge in [-0.1, -0.05) is 91.0 Å². The highest BCUT2D eigenvalue weighted by Gasteiger charge is 2.24. The number of morpholine rings is 1. The summed E-state index contributed by atoms with van der Waals surface area (Å²) in [5.74, 6) is 0.919. The monoisotopic (exact) mass is 393 g/mol. The zero-order valence-corrected chi connectivity index (χ0v) is 16.7. The molecule has 1 aliphatic rings. The van der Waals surface area contributed by atoms with Crippen molar-refractivity contribution < 1.29 is 4.74 Å². The third-order valence-electron chi connectivity index (χ3n) is 5.44. The summed E-state index contributed by atoms with van der Waals surface area (Å²) in [6, 6.07) is 31.3. The van der Waals surface area contributed by atoms with Crippen LogP contribution < -0.4 is 4.90 Å². The van der Waals surface area contributed by atoms with E-state index in [2.05, 4.69) is 65.6 Å². The molecule has 2 heterocycles. The Morgan fingerprint density at radius 1 is 0.567 bits per heavy atom. The van der Waals surface area contributed by atoms with Crippen molar-refractivity contribution in [2.24, 2.45) is 0 Å². The summed E-state index contributed by atoms with van der Waals surface area (Å²) in [6.07, 6.45) is 0. The highest BCUT2D eigenvalue weighted by molar-refractivity contribution is 5.97. The topological polar surface area (TPSA) is 38.2 Å². The maximum Gasteiger partial charge on any atom is 0.159 e. The summed E-state index contributed by atoms with van der Waals surface area (Å²) in [6.45, 7) is 3.04. The van der Waals surface area contributed by atoms with E-state index < -0.39 is 0 Å². The van der Waals surface area contributed by atoms with E-state index >= 15 is 0 Å². The first kappa shape index (κ1) is 18.5. The van der Waals surface area contributed by atoms with E-state index in [1.165, 1.54) is 0 Å². The van der Waals surface area contributed by atoms with Crippen molar-refractivity contribution >= 4 is 5.82 Å². The summed E-state index contributed by atoms with van der Waals surface area (Å²) in [4.78, 5) is 2.29. The lowest BCUT2D eigenvalue weighted by Gasteiger charge is -2.30. The van der Waals surface area contributed by atoms with Gasteiger partial charge in [-0.3, -0.25) is 0 Å². The molecule has 0 saturated carbocycles. The fourth-order valence-electron chi connectivity index (χ4n) is 3.99. The van der Waals surface area contributed by atoms with Crippen LogP contribution in [0.4, 0.5) is 5.82 Å². The molecule has 1 fully saturated rings. The van der Waals surface area contributed by atoms with Crippen LogP contribution in [0.3, 0.4) is 0 Å². The molecule has 4 nitrogen and oxygen atoms in total. The molecule has 0 spiro atoms. The lowest BCUT2D eigenvalue weighted by molar-refractivity contribution is 0.122. The van der Waals surface area contributed by atoms with Crippen LogP contribution in [0.25, 0.3) is 33.5 Å². The van der Waals surface area contributed by atoms with Gasteiger partial charge in [0, 0.05) is 29.8 Å². The molecule has 5 rings (SSSR count). The van der Waals surface area contributed by atoms with Gasteiger partial charge in [-0.15, -0.1) is 10.2 Å². The lowest BCUT2D eigenvalue weighted by Crippen LogP contribution is -2.37.